The van der Waals surface area contributed by atoms with E-state index in [-0.39, 0.29) is 0 Å². The minimum Gasteiger partial charge on any atom is -0.324 e. The number of anilines is 2. The molecule has 5 rings (SSSR count). The lowest BCUT2D eigenvalue weighted by Crippen LogP contribution is -1.98. The number of aryl methyl sites for hydroxylation is 1. The number of rotatable bonds is 6. The van der Waals surface area contributed by atoms with E-state index in [2.05, 4.69) is 27.2 Å². The van der Waals surface area contributed by atoms with Crippen molar-refractivity contribution in [2.75, 3.05) is 5.32 Å². The zero-order valence-electron chi connectivity index (χ0n) is 16.9. The standard InChI is InChI=1S/C23H20N8/c1-2-31-15-20(22(29-31)17-4-3-10-24-14-17)21-9-11-26-23(28-21)27-18-5-7-19(8-6-18)30-13-12-25-16-30/h3-16H,2H2,1H3,(H,26,27,28). The highest BCUT2D eigenvalue weighted by molar-refractivity contribution is 5.78. The predicted molar refractivity (Wildman–Crippen MR) is 119 cm³/mol. The highest BCUT2D eigenvalue weighted by Gasteiger charge is 2.15. The molecule has 8 nitrogen and oxygen atoms in total. The van der Waals surface area contributed by atoms with E-state index >= 15 is 0 Å². The fourth-order valence-electron chi connectivity index (χ4n) is 3.31. The van der Waals surface area contributed by atoms with Gasteiger partial charge < -0.3 is 9.88 Å². The first-order chi connectivity index (χ1) is 15.3. The molecule has 0 amide bonds. The van der Waals surface area contributed by atoms with Crippen molar-refractivity contribution >= 4 is 11.6 Å². The third-order valence-electron chi connectivity index (χ3n) is 4.88. The Labute approximate surface area is 179 Å². The van der Waals surface area contributed by atoms with Crippen molar-refractivity contribution in [2.24, 2.45) is 0 Å². The molecule has 0 aliphatic rings. The normalized spacial score (nSPS) is 10.9. The van der Waals surface area contributed by atoms with Gasteiger partial charge in [0, 0.05) is 66.2 Å². The van der Waals surface area contributed by atoms with Gasteiger partial charge in [-0.3, -0.25) is 9.67 Å². The number of imidazole rings is 1. The van der Waals surface area contributed by atoms with Gasteiger partial charge in [0.15, 0.2) is 0 Å². The van der Waals surface area contributed by atoms with Crippen molar-refractivity contribution in [3.05, 3.63) is 86.0 Å². The van der Waals surface area contributed by atoms with Gasteiger partial charge in [-0.1, -0.05) is 0 Å². The van der Waals surface area contributed by atoms with Crippen LogP contribution in [0.5, 0.6) is 0 Å². The SMILES string of the molecule is CCn1cc(-c2ccnc(Nc3ccc(-n4ccnc4)cc3)n2)c(-c2cccnc2)n1. The number of aromatic nitrogens is 7. The average Bonchev–Trinajstić information content (AvgIpc) is 3.51. The summed E-state index contributed by atoms with van der Waals surface area (Å²) in [7, 11) is 0. The van der Waals surface area contributed by atoms with Crippen LogP contribution in [0.15, 0.2) is 86.0 Å². The van der Waals surface area contributed by atoms with Crippen molar-refractivity contribution in [2.45, 2.75) is 13.5 Å². The van der Waals surface area contributed by atoms with Gasteiger partial charge >= 0.3 is 0 Å². The minimum atomic E-state index is 0.522. The molecule has 0 aliphatic heterocycles. The van der Waals surface area contributed by atoms with E-state index < -0.39 is 0 Å². The Bertz CT molecular complexity index is 1280. The molecule has 4 heterocycles. The van der Waals surface area contributed by atoms with Gasteiger partial charge in [-0.2, -0.15) is 5.10 Å². The molecule has 0 aliphatic carbocycles. The molecule has 0 radical (unpaired) electrons. The maximum Gasteiger partial charge on any atom is 0.227 e. The van der Waals surface area contributed by atoms with Gasteiger partial charge in [0.1, 0.15) is 5.69 Å². The largest absolute Gasteiger partial charge is 0.324 e. The first-order valence-electron chi connectivity index (χ1n) is 9.97. The van der Waals surface area contributed by atoms with E-state index in [1.165, 1.54) is 0 Å². The number of nitrogens with zero attached hydrogens (tertiary/aromatic N) is 7. The van der Waals surface area contributed by atoms with E-state index in [0.717, 1.165) is 40.4 Å². The monoisotopic (exact) mass is 408 g/mol. The third kappa shape index (κ3) is 3.91. The smallest absolute Gasteiger partial charge is 0.227 e. The van der Waals surface area contributed by atoms with E-state index in [1.807, 2.05) is 70.3 Å². The molecule has 0 atom stereocenters. The van der Waals surface area contributed by atoms with Gasteiger partial charge in [0.25, 0.3) is 0 Å². The maximum atomic E-state index is 4.73. The summed E-state index contributed by atoms with van der Waals surface area (Å²) >= 11 is 0. The van der Waals surface area contributed by atoms with E-state index in [0.29, 0.717) is 5.95 Å². The quantitative estimate of drug-likeness (QED) is 0.449. The number of hydrogen-bond acceptors (Lipinski definition) is 6. The Kier molecular flexibility index (Phi) is 4.94. The summed E-state index contributed by atoms with van der Waals surface area (Å²) in [5.74, 6) is 0.522. The van der Waals surface area contributed by atoms with Gasteiger partial charge in [-0.15, -0.1) is 0 Å². The Balaban J connectivity index is 1.44. The van der Waals surface area contributed by atoms with Crippen molar-refractivity contribution < 1.29 is 0 Å². The lowest BCUT2D eigenvalue weighted by molar-refractivity contribution is 0.662. The Hall–Kier alpha value is -4.33. The molecule has 8 heteroatoms. The number of benzene rings is 1. The van der Waals surface area contributed by atoms with Crippen LogP contribution in [0.3, 0.4) is 0 Å². The summed E-state index contributed by atoms with van der Waals surface area (Å²) in [6, 6.07) is 13.8. The molecule has 0 unspecified atom stereocenters. The molecule has 0 saturated heterocycles. The second kappa shape index (κ2) is 8.19. The molecule has 0 spiro atoms. The Morgan fingerprint density at radius 1 is 0.968 bits per heavy atom. The first-order valence-corrected chi connectivity index (χ1v) is 9.97. The van der Waals surface area contributed by atoms with Crippen LogP contribution in [-0.2, 0) is 6.54 Å². The highest BCUT2D eigenvalue weighted by atomic mass is 15.3. The molecule has 4 aromatic heterocycles. The van der Waals surface area contributed by atoms with E-state index in [4.69, 9.17) is 10.1 Å². The third-order valence-corrected chi connectivity index (χ3v) is 4.88. The Morgan fingerprint density at radius 2 is 1.87 bits per heavy atom. The molecule has 1 N–H and O–H groups in total. The zero-order valence-corrected chi connectivity index (χ0v) is 16.9. The minimum absolute atomic E-state index is 0.522. The van der Waals surface area contributed by atoms with Crippen LogP contribution in [0.1, 0.15) is 6.92 Å². The van der Waals surface area contributed by atoms with E-state index in [9.17, 15) is 0 Å². The fourth-order valence-corrected chi connectivity index (χ4v) is 3.31. The van der Waals surface area contributed by atoms with Crippen molar-refractivity contribution in [3.8, 4) is 28.2 Å². The molecule has 5 aromatic rings. The molecule has 0 bridgehead atoms. The first kappa shape index (κ1) is 18.7. The van der Waals surface area contributed by atoms with Crippen LogP contribution in [0, 0.1) is 0 Å². The highest BCUT2D eigenvalue weighted by Crippen LogP contribution is 2.30. The second-order valence-corrected chi connectivity index (χ2v) is 6.90. The molecule has 1 aromatic carbocycles. The summed E-state index contributed by atoms with van der Waals surface area (Å²) in [5, 5.41) is 7.99. The molecule has 31 heavy (non-hydrogen) atoms. The molecule has 0 fully saturated rings. The topological polar surface area (TPSA) is 86.3 Å². The average molecular weight is 408 g/mol. The van der Waals surface area contributed by atoms with Crippen molar-refractivity contribution in [1.82, 2.24) is 34.3 Å². The van der Waals surface area contributed by atoms with Gasteiger partial charge in [0.05, 0.1) is 12.0 Å². The molecule has 152 valence electrons. The van der Waals surface area contributed by atoms with Crippen molar-refractivity contribution in [1.29, 1.82) is 0 Å². The zero-order chi connectivity index (χ0) is 21.0. The molecule has 0 saturated carbocycles. The van der Waals surface area contributed by atoms with Crippen LogP contribution < -0.4 is 5.32 Å². The van der Waals surface area contributed by atoms with Crippen LogP contribution in [0.4, 0.5) is 11.6 Å². The summed E-state index contributed by atoms with van der Waals surface area (Å²) in [6.45, 7) is 2.83. The second-order valence-electron chi connectivity index (χ2n) is 6.90. The summed E-state index contributed by atoms with van der Waals surface area (Å²) in [6.07, 6.45) is 12.8. The van der Waals surface area contributed by atoms with Crippen LogP contribution in [0.2, 0.25) is 0 Å². The lowest BCUT2D eigenvalue weighted by atomic mass is 10.1. The van der Waals surface area contributed by atoms with Gasteiger partial charge in [0.2, 0.25) is 5.95 Å². The predicted octanol–water partition coefficient (Wildman–Crippen LogP) is 4.35. The number of nitrogens with one attached hydrogen (secondary N) is 1. The van der Waals surface area contributed by atoms with Gasteiger partial charge in [-0.05, 0) is 49.4 Å². The Morgan fingerprint density at radius 3 is 2.61 bits per heavy atom. The van der Waals surface area contributed by atoms with E-state index in [1.54, 1.807) is 24.9 Å². The lowest BCUT2D eigenvalue weighted by Gasteiger charge is -2.08. The summed E-state index contributed by atoms with van der Waals surface area (Å²) in [5.41, 5.74) is 5.47. The fraction of sp³-hybridized carbons (Fsp3) is 0.0870. The van der Waals surface area contributed by atoms with Gasteiger partial charge in [-0.25, -0.2) is 15.0 Å². The number of pyridine rings is 1. The van der Waals surface area contributed by atoms with Crippen LogP contribution in [-0.4, -0.2) is 34.3 Å². The molecular weight excluding hydrogens is 388 g/mol. The summed E-state index contributed by atoms with van der Waals surface area (Å²) < 4.78 is 3.86. The number of hydrogen-bond donors (Lipinski definition) is 1. The maximum absolute atomic E-state index is 4.73. The van der Waals surface area contributed by atoms with Crippen LogP contribution >= 0.6 is 0 Å². The van der Waals surface area contributed by atoms with Crippen molar-refractivity contribution in [3.63, 3.8) is 0 Å². The van der Waals surface area contributed by atoms with Crippen LogP contribution in [0.25, 0.3) is 28.2 Å². The summed E-state index contributed by atoms with van der Waals surface area (Å²) in [4.78, 5) is 17.4. The molecular formula is C23H20N8.